The van der Waals surface area contributed by atoms with Gasteiger partial charge in [0.15, 0.2) is 6.10 Å². The Hall–Kier alpha value is -1.04. The Morgan fingerprint density at radius 2 is 2.00 bits per heavy atom. The van der Waals surface area contributed by atoms with Crippen molar-refractivity contribution in [2.24, 2.45) is 0 Å². The van der Waals surface area contributed by atoms with Crippen molar-refractivity contribution < 1.29 is 31.9 Å². The topological polar surface area (TPSA) is 55.8 Å². The van der Waals surface area contributed by atoms with Crippen LogP contribution in [0.2, 0.25) is 0 Å². The van der Waals surface area contributed by atoms with Gasteiger partial charge in [0.2, 0.25) is 0 Å². The first kappa shape index (κ1) is 15.0. The summed E-state index contributed by atoms with van der Waals surface area (Å²) in [5.74, 6) is 0.203. The third-order valence-corrected chi connectivity index (χ3v) is 2.60. The molecule has 1 unspecified atom stereocenters. The highest BCUT2D eigenvalue weighted by Crippen LogP contribution is 2.49. The van der Waals surface area contributed by atoms with Gasteiger partial charge in [0.05, 0.1) is 7.11 Å². The lowest BCUT2D eigenvalue weighted by molar-refractivity contribution is -0.199. The number of rotatable bonds is 4. The van der Waals surface area contributed by atoms with Crippen LogP contribution in [0.4, 0.5) is 13.2 Å². The van der Waals surface area contributed by atoms with Crippen molar-refractivity contribution in [1.82, 2.24) is 0 Å². The summed E-state index contributed by atoms with van der Waals surface area (Å²) in [6.07, 6.45) is -7.26. The molecule has 0 aliphatic carbocycles. The number of methoxy groups -OCH3 is 1. The first-order valence-electron chi connectivity index (χ1n) is 4.83. The summed E-state index contributed by atoms with van der Waals surface area (Å²) in [5.41, 5.74) is -0.294. The van der Waals surface area contributed by atoms with Crippen molar-refractivity contribution in [3.8, 4) is 5.75 Å². The van der Waals surface area contributed by atoms with E-state index in [2.05, 4.69) is 4.52 Å². The van der Waals surface area contributed by atoms with Crippen molar-refractivity contribution >= 4 is 7.60 Å². The molecule has 1 rings (SSSR count). The van der Waals surface area contributed by atoms with E-state index >= 15 is 0 Å². The van der Waals surface area contributed by atoms with Gasteiger partial charge in [-0.15, -0.1) is 0 Å². The Morgan fingerprint density at radius 3 is 2.44 bits per heavy atom. The summed E-state index contributed by atoms with van der Waals surface area (Å²) in [6, 6.07) is 5.06. The first-order chi connectivity index (χ1) is 8.13. The van der Waals surface area contributed by atoms with E-state index < -0.39 is 19.9 Å². The fourth-order valence-corrected chi connectivity index (χ4v) is 1.94. The number of halogens is 3. The number of hydrogen-bond acceptors (Lipinski definition) is 3. The molecule has 0 saturated heterocycles. The van der Waals surface area contributed by atoms with Gasteiger partial charge in [-0.25, -0.2) is 0 Å². The minimum atomic E-state index is -4.79. The molecular weight excluding hydrogens is 272 g/mol. The van der Waals surface area contributed by atoms with E-state index in [0.29, 0.717) is 6.66 Å². The summed E-state index contributed by atoms with van der Waals surface area (Å²) in [4.78, 5) is 8.94. The standard InChI is InChI=1S/C10H12F3O4P/c1-16-8-5-3-4-7(6-8)9(10(11,12)13)17-18(2,14)15/h3-6,9H,1-2H3,(H,14,15)/t9-/m1/s1. The molecule has 0 radical (unpaired) electrons. The molecule has 0 aliphatic heterocycles. The van der Waals surface area contributed by atoms with Crippen LogP contribution < -0.4 is 4.74 Å². The molecule has 18 heavy (non-hydrogen) atoms. The van der Waals surface area contributed by atoms with Gasteiger partial charge in [-0.2, -0.15) is 13.2 Å². The van der Waals surface area contributed by atoms with Crippen molar-refractivity contribution in [1.29, 1.82) is 0 Å². The summed E-state index contributed by atoms with van der Waals surface area (Å²) >= 11 is 0. The molecule has 1 aromatic carbocycles. The molecule has 0 saturated carbocycles. The van der Waals surface area contributed by atoms with Gasteiger partial charge in [0, 0.05) is 6.66 Å². The van der Waals surface area contributed by atoms with Gasteiger partial charge in [0.25, 0.3) is 0 Å². The summed E-state index contributed by atoms with van der Waals surface area (Å²) in [6.45, 7) is 0.700. The van der Waals surface area contributed by atoms with E-state index in [4.69, 9.17) is 9.63 Å². The lowest BCUT2D eigenvalue weighted by atomic mass is 10.1. The third-order valence-electron chi connectivity index (χ3n) is 1.99. The zero-order valence-electron chi connectivity index (χ0n) is 9.64. The Bertz CT molecular complexity index is 455. The molecule has 2 atom stereocenters. The van der Waals surface area contributed by atoms with Crippen LogP contribution in [0.3, 0.4) is 0 Å². The zero-order chi connectivity index (χ0) is 14.0. The highest BCUT2D eigenvalue weighted by atomic mass is 31.2. The highest BCUT2D eigenvalue weighted by molar-refractivity contribution is 7.51. The van der Waals surface area contributed by atoms with E-state index in [1.807, 2.05) is 0 Å². The Balaban J connectivity index is 3.13. The number of alkyl halides is 3. The van der Waals surface area contributed by atoms with E-state index in [1.54, 1.807) is 0 Å². The molecule has 1 N–H and O–H groups in total. The predicted molar refractivity (Wildman–Crippen MR) is 58.6 cm³/mol. The maximum atomic E-state index is 12.8. The lowest BCUT2D eigenvalue weighted by Gasteiger charge is -2.22. The van der Waals surface area contributed by atoms with Gasteiger partial charge in [-0.05, 0) is 17.7 Å². The monoisotopic (exact) mass is 284 g/mol. The number of ether oxygens (including phenoxy) is 1. The van der Waals surface area contributed by atoms with Crippen LogP contribution in [0.1, 0.15) is 11.7 Å². The molecule has 0 bridgehead atoms. The fraction of sp³-hybridized carbons (Fsp3) is 0.400. The maximum Gasteiger partial charge on any atom is 0.419 e. The second-order valence-corrected chi connectivity index (χ2v) is 5.42. The Morgan fingerprint density at radius 1 is 1.39 bits per heavy atom. The van der Waals surface area contributed by atoms with Crippen LogP contribution in [0, 0.1) is 0 Å². The predicted octanol–water partition coefficient (Wildman–Crippen LogP) is 3.13. The van der Waals surface area contributed by atoms with Crippen LogP contribution in [-0.4, -0.2) is 24.8 Å². The molecule has 0 aliphatic rings. The Labute approximate surface area is 102 Å². The van der Waals surface area contributed by atoms with Crippen molar-refractivity contribution in [2.45, 2.75) is 12.3 Å². The minimum Gasteiger partial charge on any atom is -0.497 e. The molecule has 0 heterocycles. The largest absolute Gasteiger partial charge is 0.497 e. The van der Waals surface area contributed by atoms with Gasteiger partial charge >= 0.3 is 13.8 Å². The molecule has 0 aromatic heterocycles. The average Bonchev–Trinajstić information content (AvgIpc) is 2.23. The second-order valence-electron chi connectivity index (χ2n) is 3.61. The van der Waals surface area contributed by atoms with Crippen LogP contribution in [-0.2, 0) is 9.09 Å². The van der Waals surface area contributed by atoms with Crippen LogP contribution in [0.25, 0.3) is 0 Å². The van der Waals surface area contributed by atoms with Crippen molar-refractivity contribution in [3.05, 3.63) is 29.8 Å². The van der Waals surface area contributed by atoms with E-state index in [9.17, 15) is 17.7 Å². The number of benzene rings is 1. The molecule has 0 amide bonds. The smallest absolute Gasteiger partial charge is 0.419 e. The first-order valence-corrected chi connectivity index (χ1v) is 6.85. The zero-order valence-corrected chi connectivity index (χ0v) is 10.5. The highest BCUT2D eigenvalue weighted by Gasteiger charge is 2.44. The second kappa shape index (κ2) is 5.30. The molecule has 0 fully saturated rings. The van der Waals surface area contributed by atoms with Gasteiger partial charge in [-0.1, -0.05) is 12.1 Å². The summed E-state index contributed by atoms with van der Waals surface area (Å²) in [7, 11) is -2.96. The Kier molecular flexibility index (Phi) is 4.42. The molecule has 4 nitrogen and oxygen atoms in total. The van der Waals surface area contributed by atoms with Gasteiger partial charge < -0.3 is 9.63 Å². The molecule has 102 valence electrons. The maximum absolute atomic E-state index is 12.8. The van der Waals surface area contributed by atoms with Crippen molar-refractivity contribution in [2.75, 3.05) is 13.8 Å². The lowest BCUT2D eigenvalue weighted by Crippen LogP contribution is -2.22. The fourth-order valence-electron chi connectivity index (χ4n) is 1.31. The molecule has 0 spiro atoms. The normalized spacial score (nSPS) is 17.0. The SMILES string of the molecule is COc1cccc([C@@H](OP(C)(=O)O)C(F)(F)F)c1. The molecule has 8 heteroatoms. The quantitative estimate of drug-likeness (QED) is 0.863. The average molecular weight is 284 g/mol. The van der Waals surface area contributed by atoms with E-state index in [0.717, 1.165) is 12.1 Å². The van der Waals surface area contributed by atoms with E-state index in [1.165, 1.54) is 19.2 Å². The summed E-state index contributed by atoms with van der Waals surface area (Å²) in [5, 5.41) is 0. The number of hydrogen-bond donors (Lipinski definition) is 1. The van der Waals surface area contributed by atoms with Crippen LogP contribution in [0.5, 0.6) is 5.75 Å². The van der Waals surface area contributed by atoms with Crippen LogP contribution in [0.15, 0.2) is 24.3 Å². The van der Waals surface area contributed by atoms with Crippen LogP contribution >= 0.6 is 7.60 Å². The molecular formula is C10H12F3O4P. The molecule has 1 aromatic rings. The third kappa shape index (κ3) is 4.33. The minimum absolute atomic E-state index is 0.203. The van der Waals surface area contributed by atoms with Crippen molar-refractivity contribution in [3.63, 3.8) is 0 Å². The van der Waals surface area contributed by atoms with E-state index in [-0.39, 0.29) is 11.3 Å². The van der Waals surface area contributed by atoms with Gasteiger partial charge in [-0.3, -0.25) is 9.09 Å². The summed E-state index contributed by atoms with van der Waals surface area (Å²) < 4.78 is 58.3. The van der Waals surface area contributed by atoms with Gasteiger partial charge in [0.1, 0.15) is 5.75 Å².